The van der Waals surface area contributed by atoms with E-state index in [1.807, 2.05) is 44.7 Å². The van der Waals surface area contributed by atoms with Gasteiger partial charge in [0.15, 0.2) is 0 Å². The summed E-state index contributed by atoms with van der Waals surface area (Å²) in [5.74, 6) is 0.133. The Kier molecular flexibility index (Phi) is 3.28. The van der Waals surface area contributed by atoms with Gasteiger partial charge in [-0.15, -0.1) is 0 Å². The Morgan fingerprint density at radius 3 is 2.22 bits per heavy atom. The van der Waals surface area contributed by atoms with Gasteiger partial charge in [0.05, 0.1) is 17.1 Å². The summed E-state index contributed by atoms with van der Waals surface area (Å²) < 4.78 is 5.99. The van der Waals surface area contributed by atoms with Gasteiger partial charge in [0.2, 0.25) is 5.91 Å². The molecule has 0 bridgehead atoms. The summed E-state index contributed by atoms with van der Waals surface area (Å²) in [6.45, 7) is 9.42. The van der Waals surface area contributed by atoms with Crippen LogP contribution < -0.4 is 5.73 Å². The van der Waals surface area contributed by atoms with Crippen LogP contribution >= 0.6 is 0 Å². The van der Waals surface area contributed by atoms with Crippen LogP contribution in [0.5, 0.6) is 0 Å². The number of hydrogen-bond acceptors (Lipinski definition) is 3. The molecular formula is C14H24N2O2. The number of rotatable bonds is 1. The van der Waals surface area contributed by atoms with Gasteiger partial charge in [-0.2, -0.15) is 0 Å². The molecule has 1 heterocycles. The molecule has 2 rings (SSSR count). The first-order chi connectivity index (χ1) is 8.19. The van der Waals surface area contributed by atoms with E-state index in [2.05, 4.69) is 0 Å². The number of amides is 1. The minimum atomic E-state index is -0.290. The Labute approximate surface area is 109 Å². The molecule has 0 aromatic heterocycles. The van der Waals surface area contributed by atoms with Crippen LogP contribution in [0.3, 0.4) is 0 Å². The molecule has 0 aromatic rings. The van der Waals surface area contributed by atoms with Gasteiger partial charge in [-0.3, -0.25) is 4.79 Å². The first-order valence-corrected chi connectivity index (χ1v) is 6.61. The molecule has 2 N–H and O–H groups in total. The molecule has 0 saturated carbocycles. The van der Waals surface area contributed by atoms with Gasteiger partial charge < -0.3 is 15.4 Å². The Morgan fingerprint density at radius 2 is 1.78 bits per heavy atom. The zero-order valence-corrected chi connectivity index (χ0v) is 11.8. The summed E-state index contributed by atoms with van der Waals surface area (Å²) in [4.78, 5) is 14.4. The fourth-order valence-electron chi connectivity index (χ4n) is 3.09. The molecule has 1 aliphatic carbocycles. The Bertz CT molecular complexity index is 358. The molecule has 1 amide bonds. The zero-order valence-electron chi connectivity index (χ0n) is 11.8. The van der Waals surface area contributed by atoms with Crippen LogP contribution in [-0.2, 0) is 9.53 Å². The van der Waals surface area contributed by atoms with E-state index in [0.29, 0.717) is 13.1 Å². The van der Waals surface area contributed by atoms with Crippen LogP contribution in [0.1, 0.15) is 34.1 Å². The maximum atomic E-state index is 12.5. The van der Waals surface area contributed by atoms with Crippen molar-refractivity contribution in [2.24, 2.45) is 11.7 Å². The highest BCUT2D eigenvalue weighted by molar-refractivity contribution is 5.81. The van der Waals surface area contributed by atoms with Crippen molar-refractivity contribution < 1.29 is 9.53 Å². The highest BCUT2D eigenvalue weighted by atomic mass is 16.5. The van der Waals surface area contributed by atoms with Crippen molar-refractivity contribution in [3.8, 4) is 0 Å². The average molecular weight is 252 g/mol. The van der Waals surface area contributed by atoms with E-state index in [-0.39, 0.29) is 29.1 Å². The third-order valence-corrected chi connectivity index (χ3v) is 3.44. The summed E-state index contributed by atoms with van der Waals surface area (Å²) in [5.41, 5.74) is 5.24. The average Bonchev–Trinajstić information content (AvgIpc) is 2.58. The van der Waals surface area contributed by atoms with E-state index in [1.54, 1.807) is 0 Å². The minimum Gasteiger partial charge on any atom is -0.366 e. The fraction of sp³-hybridized carbons (Fsp3) is 0.786. The van der Waals surface area contributed by atoms with Gasteiger partial charge in [0.25, 0.3) is 0 Å². The highest BCUT2D eigenvalue weighted by Gasteiger charge is 2.41. The second-order valence-electron chi connectivity index (χ2n) is 6.71. The molecule has 2 unspecified atom stereocenters. The van der Waals surface area contributed by atoms with Crippen LogP contribution in [0.4, 0.5) is 0 Å². The summed E-state index contributed by atoms with van der Waals surface area (Å²) in [7, 11) is 0. The Morgan fingerprint density at radius 1 is 1.22 bits per heavy atom. The van der Waals surface area contributed by atoms with Gasteiger partial charge in [-0.25, -0.2) is 0 Å². The van der Waals surface area contributed by atoms with Crippen molar-refractivity contribution in [3.63, 3.8) is 0 Å². The lowest BCUT2D eigenvalue weighted by atomic mass is 9.96. The molecule has 4 nitrogen and oxygen atoms in total. The predicted octanol–water partition coefficient (Wildman–Crippen LogP) is 1.31. The molecule has 1 fully saturated rings. The van der Waals surface area contributed by atoms with Crippen molar-refractivity contribution >= 4 is 5.91 Å². The second-order valence-corrected chi connectivity index (χ2v) is 6.71. The molecule has 1 saturated heterocycles. The van der Waals surface area contributed by atoms with Crippen molar-refractivity contribution in [1.29, 1.82) is 0 Å². The van der Waals surface area contributed by atoms with Gasteiger partial charge in [-0.05, 0) is 34.1 Å². The molecule has 0 spiro atoms. The van der Waals surface area contributed by atoms with E-state index in [4.69, 9.17) is 10.5 Å². The zero-order chi connectivity index (χ0) is 13.6. The molecule has 0 radical (unpaired) electrons. The summed E-state index contributed by atoms with van der Waals surface area (Å²) in [6, 6.07) is 0.0287. The SMILES string of the molecule is CC1(C)CN(C(=O)C2C=CC(N)C2)CC(C)(C)O1. The largest absolute Gasteiger partial charge is 0.366 e. The van der Waals surface area contributed by atoms with E-state index < -0.39 is 0 Å². The van der Waals surface area contributed by atoms with Crippen molar-refractivity contribution in [2.75, 3.05) is 13.1 Å². The third-order valence-electron chi connectivity index (χ3n) is 3.44. The number of carbonyl (C=O) groups is 1. The maximum absolute atomic E-state index is 12.5. The van der Waals surface area contributed by atoms with E-state index in [0.717, 1.165) is 6.42 Å². The Balaban J connectivity index is 2.08. The maximum Gasteiger partial charge on any atom is 0.229 e. The normalized spacial score (nSPS) is 33.7. The quantitative estimate of drug-likeness (QED) is 0.716. The summed E-state index contributed by atoms with van der Waals surface area (Å²) in [5, 5.41) is 0. The van der Waals surface area contributed by atoms with Gasteiger partial charge >= 0.3 is 0 Å². The van der Waals surface area contributed by atoms with E-state index >= 15 is 0 Å². The lowest BCUT2D eigenvalue weighted by Crippen LogP contribution is -2.59. The predicted molar refractivity (Wildman–Crippen MR) is 71.0 cm³/mol. The first-order valence-electron chi connectivity index (χ1n) is 6.61. The van der Waals surface area contributed by atoms with E-state index in [1.165, 1.54) is 0 Å². The summed E-state index contributed by atoms with van der Waals surface area (Å²) >= 11 is 0. The number of nitrogens with zero attached hydrogens (tertiary/aromatic N) is 1. The van der Waals surface area contributed by atoms with Crippen molar-refractivity contribution in [3.05, 3.63) is 12.2 Å². The van der Waals surface area contributed by atoms with Crippen LogP contribution in [0.2, 0.25) is 0 Å². The van der Waals surface area contributed by atoms with E-state index in [9.17, 15) is 4.79 Å². The smallest absolute Gasteiger partial charge is 0.229 e. The minimum absolute atomic E-state index is 0.0287. The van der Waals surface area contributed by atoms with Crippen molar-refractivity contribution in [1.82, 2.24) is 4.90 Å². The Hall–Kier alpha value is -0.870. The lowest BCUT2D eigenvalue weighted by Gasteiger charge is -2.47. The topological polar surface area (TPSA) is 55.6 Å². The number of hydrogen-bond donors (Lipinski definition) is 1. The fourth-order valence-corrected chi connectivity index (χ4v) is 3.09. The monoisotopic (exact) mass is 252 g/mol. The molecule has 2 atom stereocenters. The van der Waals surface area contributed by atoms with Crippen LogP contribution in [-0.4, -0.2) is 41.1 Å². The standard InChI is InChI=1S/C14H24N2O2/c1-13(2)8-16(9-14(3,4)18-13)12(17)10-5-6-11(15)7-10/h5-6,10-11H,7-9,15H2,1-4H3. The molecule has 2 aliphatic rings. The molecule has 18 heavy (non-hydrogen) atoms. The number of nitrogens with two attached hydrogens (primary N) is 1. The van der Waals surface area contributed by atoms with Crippen molar-refractivity contribution in [2.45, 2.75) is 51.4 Å². The van der Waals surface area contributed by atoms with Gasteiger partial charge in [-0.1, -0.05) is 12.2 Å². The molecule has 102 valence electrons. The van der Waals surface area contributed by atoms with Crippen LogP contribution in [0, 0.1) is 5.92 Å². The molecule has 1 aliphatic heterocycles. The first kappa shape index (κ1) is 13.6. The highest BCUT2D eigenvalue weighted by Crippen LogP contribution is 2.30. The lowest BCUT2D eigenvalue weighted by molar-refractivity contribution is -0.189. The summed E-state index contributed by atoms with van der Waals surface area (Å²) in [6.07, 6.45) is 4.61. The van der Waals surface area contributed by atoms with Crippen LogP contribution in [0.25, 0.3) is 0 Å². The molecule has 0 aromatic carbocycles. The third kappa shape index (κ3) is 2.93. The van der Waals surface area contributed by atoms with Gasteiger partial charge in [0.1, 0.15) is 0 Å². The van der Waals surface area contributed by atoms with Crippen LogP contribution in [0.15, 0.2) is 12.2 Å². The number of ether oxygens (including phenoxy) is 1. The van der Waals surface area contributed by atoms with Gasteiger partial charge in [0, 0.05) is 19.1 Å². The number of carbonyl (C=O) groups excluding carboxylic acids is 1. The molecular weight excluding hydrogens is 228 g/mol. The second kappa shape index (κ2) is 4.35. The number of morpholine rings is 1. The molecule has 4 heteroatoms.